The zero-order chi connectivity index (χ0) is 16.1. The minimum Gasteiger partial charge on any atom is -0.492 e. The summed E-state index contributed by atoms with van der Waals surface area (Å²) in [5, 5.41) is 0.740. The number of aromatic nitrogens is 3. The van der Waals surface area contributed by atoms with Gasteiger partial charge in [-0.1, -0.05) is 11.6 Å². The summed E-state index contributed by atoms with van der Waals surface area (Å²) in [6, 6.07) is 5.71. The van der Waals surface area contributed by atoms with Crippen molar-refractivity contribution < 1.29 is 4.74 Å². The molecule has 0 radical (unpaired) electrons. The van der Waals surface area contributed by atoms with Crippen LogP contribution in [0.2, 0.25) is 5.02 Å². The van der Waals surface area contributed by atoms with E-state index >= 15 is 0 Å². The molecule has 6 nitrogen and oxygen atoms in total. The molecule has 1 saturated heterocycles. The maximum Gasteiger partial charge on any atom is 0.228 e. The van der Waals surface area contributed by atoms with Crippen molar-refractivity contribution in [3.63, 3.8) is 0 Å². The molecule has 2 heterocycles. The summed E-state index contributed by atoms with van der Waals surface area (Å²) in [7, 11) is 0. The van der Waals surface area contributed by atoms with Gasteiger partial charge in [-0.25, -0.2) is 15.0 Å². The molecular formula is C16H20ClN5O. The molecule has 2 aromatic rings. The van der Waals surface area contributed by atoms with Gasteiger partial charge < -0.3 is 9.64 Å². The van der Waals surface area contributed by atoms with Crippen molar-refractivity contribution in [3.8, 4) is 5.75 Å². The van der Waals surface area contributed by atoms with E-state index in [0.717, 1.165) is 55.0 Å². The molecule has 0 bridgehead atoms. The highest BCUT2D eigenvalue weighted by Gasteiger charge is 2.18. The second-order valence-electron chi connectivity index (χ2n) is 5.53. The number of rotatable bonds is 5. The zero-order valence-corrected chi connectivity index (χ0v) is 13.9. The third kappa shape index (κ3) is 4.30. The van der Waals surface area contributed by atoms with Crippen LogP contribution >= 0.6 is 11.6 Å². The molecule has 0 saturated carbocycles. The molecule has 122 valence electrons. The predicted molar refractivity (Wildman–Crippen MR) is 90.2 cm³/mol. The van der Waals surface area contributed by atoms with Crippen molar-refractivity contribution in [2.24, 2.45) is 0 Å². The topological polar surface area (TPSA) is 54.4 Å². The van der Waals surface area contributed by atoms with Gasteiger partial charge in [0.15, 0.2) is 0 Å². The van der Waals surface area contributed by atoms with Crippen molar-refractivity contribution in [2.45, 2.75) is 6.92 Å². The maximum absolute atomic E-state index is 5.95. The molecule has 1 aromatic carbocycles. The molecule has 7 heteroatoms. The molecule has 1 aliphatic heterocycles. The van der Waals surface area contributed by atoms with Crippen LogP contribution in [-0.4, -0.2) is 59.2 Å². The van der Waals surface area contributed by atoms with E-state index in [1.807, 2.05) is 25.1 Å². The van der Waals surface area contributed by atoms with Crippen LogP contribution in [0.3, 0.4) is 0 Å². The number of nitrogens with zero attached hydrogens (tertiary/aromatic N) is 5. The van der Waals surface area contributed by atoms with Crippen LogP contribution in [0.5, 0.6) is 5.75 Å². The van der Waals surface area contributed by atoms with Gasteiger partial charge in [0, 0.05) is 37.7 Å². The lowest BCUT2D eigenvalue weighted by atomic mass is 10.2. The standard InChI is InChI=1S/C16H20ClN5O/c1-13-10-14(17)2-3-15(13)23-9-8-21-4-6-22(7-5-21)16-19-11-18-12-20-16/h2-3,10-12H,4-9H2,1H3. The lowest BCUT2D eigenvalue weighted by molar-refractivity contribution is 0.199. The Morgan fingerprint density at radius 2 is 1.87 bits per heavy atom. The Bertz CT molecular complexity index is 632. The second-order valence-corrected chi connectivity index (χ2v) is 5.96. The first-order chi connectivity index (χ1) is 11.2. The number of piperazine rings is 1. The Hall–Kier alpha value is -1.92. The van der Waals surface area contributed by atoms with E-state index < -0.39 is 0 Å². The van der Waals surface area contributed by atoms with Crippen molar-refractivity contribution >= 4 is 17.5 Å². The summed E-state index contributed by atoms with van der Waals surface area (Å²) in [5.74, 6) is 1.66. The van der Waals surface area contributed by atoms with Crippen LogP contribution in [0.15, 0.2) is 30.9 Å². The average molecular weight is 334 g/mol. The summed E-state index contributed by atoms with van der Waals surface area (Å²) in [6.45, 7) is 7.40. The molecule has 3 rings (SSSR count). The van der Waals surface area contributed by atoms with Gasteiger partial charge in [0.05, 0.1) is 0 Å². The summed E-state index contributed by atoms with van der Waals surface area (Å²) in [5.41, 5.74) is 1.07. The molecular weight excluding hydrogens is 314 g/mol. The van der Waals surface area contributed by atoms with E-state index in [2.05, 4.69) is 24.8 Å². The van der Waals surface area contributed by atoms with E-state index in [1.54, 1.807) is 0 Å². The smallest absolute Gasteiger partial charge is 0.228 e. The molecule has 0 spiro atoms. The molecule has 23 heavy (non-hydrogen) atoms. The van der Waals surface area contributed by atoms with Crippen LogP contribution in [0.25, 0.3) is 0 Å². The normalized spacial score (nSPS) is 15.7. The van der Waals surface area contributed by atoms with Gasteiger partial charge in [-0.3, -0.25) is 4.90 Å². The molecule has 1 aliphatic rings. The Morgan fingerprint density at radius 3 is 2.57 bits per heavy atom. The second kappa shape index (κ2) is 7.57. The van der Waals surface area contributed by atoms with Gasteiger partial charge in [-0.05, 0) is 30.7 Å². The van der Waals surface area contributed by atoms with Crippen LogP contribution < -0.4 is 9.64 Å². The van der Waals surface area contributed by atoms with Crippen LogP contribution in [-0.2, 0) is 0 Å². The Morgan fingerprint density at radius 1 is 1.13 bits per heavy atom. The monoisotopic (exact) mass is 333 g/mol. The number of anilines is 1. The molecule has 1 aromatic heterocycles. The molecule has 0 atom stereocenters. The van der Waals surface area contributed by atoms with Gasteiger partial charge in [0.2, 0.25) is 5.95 Å². The van der Waals surface area contributed by atoms with E-state index in [1.165, 1.54) is 12.7 Å². The molecule has 0 amide bonds. The molecule has 0 unspecified atom stereocenters. The summed E-state index contributed by atoms with van der Waals surface area (Å²) in [4.78, 5) is 16.8. The highest BCUT2D eigenvalue weighted by Crippen LogP contribution is 2.21. The third-order valence-corrected chi connectivity index (χ3v) is 4.17. The average Bonchev–Trinajstić information content (AvgIpc) is 2.58. The van der Waals surface area contributed by atoms with Crippen molar-refractivity contribution in [1.29, 1.82) is 0 Å². The largest absolute Gasteiger partial charge is 0.492 e. The van der Waals surface area contributed by atoms with Crippen LogP contribution in [0.1, 0.15) is 5.56 Å². The number of hydrogen-bond donors (Lipinski definition) is 0. The van der Waals surface area contributed by atoms with Gasteiger partial charge in [-0.2, -0.15) is 0 Å². The fourth-order valence-corrected chi connectivity index (χ4v) is 2.85. The molecule has 0 aliphatic carbocycles. The highest BCUT2D eigenvalue weighted by molar-refractivity contribution is 6.30. The SMILES string of the molecule is Cc1cc(Cl)ccc1OCCN1CCN(c2ncncn2)CC1. The Balaban J connectivity index is 1.42. The van der Waals surface area contributed by atoms with Gasteiger partial charge in [0.1, 0.15) is 25.0 Å². The summed E-state index contributed by atoms with van der Waals surface area (Å²) in [6.07, 6.45) is 3.08. The van der Waals surface area contributed by atoms with E-state index in [0.29, 0.717) is 6.61 Å². The molecule has 0 N–H and O–H groups in total. The summed E-state index contributed by atoms with van der Waals surface area (Å²) >= 11 is 5.95. The predicted octanol–water partition coefficient (Wildman–Crippen LogP) is 2.03. The highest BCUT2D eigenvalue weighted by atomic mass is 35.5. The fraction of sp³-hybridized carbons (Fsp3) is 0.438. The Kier molecular flexibility index (Phi) is 5.25. The number of halogens is 1. The lowest BCUT2D eigenvalue weighted by Crippen LogP contribution is -2.48. The zero-order valence-electron chi connectivity index (χ0n) is 13.2. The van der Waals surface area contributed by atoms with Crippen molar-refractivity contribution in [1.82, 2.24) is 19.9 Å². The minimum absolute atomic E-state index is 0.675. The lowest BCUT2D eigenvalue weighted by Gasteiger charge is -2.34. The van der Waals surface area contributed by atoms with Crippen molar-refractivity contribution in [2.75, 3.05) is 44.2 Å². The number of ether oxygens (including phenoxy) is 1. The fourth-order valence-electron chi connectivity index (χ4n) is 2.63. The number of aryl methyl sites for hydroxylation is 1. The maximum atomic E-state index is 5.95. The Labute approximate surface area is 141 Å². The molecule has 1 fully saturated rings. The summed E-state index contributed by atoms with van der Waals surface area (Å²) < 4.78 is 5.86. The van der Waals surface area contributed by atoms with Crippen LogP contribution in [0.4, 0.5) is 5.95 Å². The van der Waals surface area contributed by atoms with Crippen molar-refractivity contribution in [3.05, 3.63) is 41.4 Å². The third-order valence-electron chi connectivity index (χ3n) is 3.94. The first-order valence-corrected chi connectivity index (χ1v) is 8.08. The number of benzene rings is 1. The van der Waals surface area contributed by atoms with Gasteiger partial charge in [0.25, 0.3) is 0 Å². The first kappa shape index (κ1) is 16.0. The van der Waals surface area contributed by atoms with Crippen LogP contribution in [0, 0.1) is 6.92 Å². The van der Waals surface area contributed by atoms with E-state index in [4.69, 9.17) is 16.3 Å². The minimum atomic E-state index is 0.675. The van der Waals surface area contributed by atoms with Gasteiger partial charge >= 0.3 is 0 Å². The quantitative estimate of drug-likeness (QED) is 0.834. The number of hydrogen-bond acceptors (Lipinski definition) is 6. The van der Waals surface area contributed by atoms with Gasteiger partial charge in [-0.15, -0.1) is 0 Å². The first-order valence-electron chi connectivity index (χ1n) is 7.70. The van der Waals surface area contributed by atoms with E-state index in [-0.39, 0.29) is 0 Å². The van der Waals surface area contributed by atoms with E-state index in [9.17, 15) is 0 Å².